The Morgan fingerprint density at radius 1 is 1.12 bits per heavy atom. The molecule has 1 aromatic heterocycles. The van der Waals surface area contributed by atoms with Crippen molar-refractivity contribution in [3.05, 3.63) is 104 Å². The van der Waals surface area contributed by atoms with Crippen LogP contribution in [0.1, 0.15) is 32.0 Å². The van der Waals surface area contributed by atoms with Gasteiger partial charge in [-0.05, 0) is 54.5 Å². The number of nitrogens with zero attached hydrogens (tertiary/aromatic N) is 1. The maximum absolute atomic E-state index is 12.9. The number of hydrogen-bond donors (Lipinski definition) is 0. The van der Waals surface area contributed by atoms with Gasteiger partial charge in [0.1, 0.15) is 17.1 Å². The van der Waals surface area contributed by atoms with Crippen LogP contribution in [0, 0.1) is 17.0 Å². The third-order valence-corrected chi connectivity index (χ3v) is 5.45. The number of esters is 1. The molecular weight excluding hydrogens is 462 g/mol. The third-order valence-electron chi connectivity index (χ3n) is 5.21. The van der Waals surface area contributed by atoms with Crippen molar-refractivity contribution in [1.29, 1.82) is 0 Å². The van der Waals surface area contributed by atoms with Gasteiger partial charge in [-0.1, -0.05) is 23.7 Å². The van der Waals surface area contributed by atoms with E-state index < -0.39 is 10.9 Å². The molecule has 0 aliphatic carbocycles. The Bertz CT molecular complexity index is 1550. The lowest BCUT2D eigenvalue weighted by atomic mass is 10.0. The number of nitro benzene ring substituents is 1. The number of carbonyl (C=O) groups excluding carboxylic acids is 2. The molecule has 168 valence electrons. The summed E-state index contributed by atoms with van der Waals surface area (Å²) in [5, 5.41) is 12.2. The van der Waals surface area contributed by atoms with Crippen LogP contribution in [-0.4, -0.2) is 16.7 Å². The van der Waals surface area contributed by atoms with Gasteiger partial charge >= 0.3 is 5.97 Å². The van der Waals surface area contributed by atoms with E-state index in [2.05, 4.69) is 0 Å². The van der Waals surface area contributed by atoms with Gasteiger partial charge in [0.2, 0.25) is 11.5 Å². The largest absolute Gasteiger partial charge is 0.452 e. The van der Waals surface area contributed by atoms with Crippen LogP contribution < -0.4 is 9.47 Å². The molecule has 34 heavy (non-hydrogen) atoms. The summed E-state index contributed by atoms with van der Waals surface area (Å²) < 4.78 is 16.7. The Morgan fingerprint density at radius 2 is 1.94 bits per heavy atom. The van der Waals surface area contributed by atoms with E-state index in [1.54, 1.807) is 37.3 Å². The topological polar surface area (TPSA) is 109 Å². The molecule has 0 radical (unpaired) electrons. The van der Waals surface area contributed by atoms with E-state index in [0.29, 0.717) is 32.7 Å². The second-order valence-corrected chi connectivity index (χ2v) is 8.02. The molecule has 3 aromatic carbocycles. The van der Waals surface area contributed by atoms with E-state index in [1.807, 2.05) is 0 Å². The average Bonchev–Trinajstić information content (AvgIpc) is 3.35. The van der Waals surface area contributed by atoms with Crippen LogP contribution >= 0.6 is 11.6 Å². The molecule has 0 fully saturated rings. The normalized spacial score (nSPS) is 13.7. The van der Waals surface area contributed by atoms with Crippen molar-refractivity contribution in [3.8, 4) is 11.5 Å². The highest BCUT2D eigenvalue weighted by molar-refractivity contribution is 6.31. The number of ketones is 1. The number of Topliss-reactive ketones (excluding diaryl/α,β-unsaturated/α-hetero) is 1. The molecule has 1 aliphatic rings. The molecule has 0 unspecified atom stereocenters. The number of benzene rings is 3. The van der Waals surface area contributed by atoms with Gasteiger partial charge in [0.15, 0.2) is 5.76 Å². The van der Waals surface area contributed by atoms with Crippen LogP contribution in [0.15, 0.2) is 70.8 Å². The molecule has 9 heteroatoms. The maximum atomic E-state index is 12.9. The predicted molar refractivity (Wildman–Crippen MR) is 123 cm³/mol. The summed E-state index contributed by atoms with van der Waals surface area (Å²) in [5.74, 6) is -0.686. The number of furan rings is 1. The number of aryl methyl sites for hydroxylation is 1. The molecule has 0 N–H and O–H groups in total. The van der Waals surface area contributed by atoms with Gasteiger partial charge in [0, 0.05) is 28.6 Å². The van der Waals surface area contributed by atoms with Crippen molar-refractivity contribution in [3.63, 3.8) is 0 Å². The molecule has 0 atom stereocenters. The first-order valence-corrected chi connectivity index (χ1v) is 10.4. The summed E-state index contributed by atoms with van der Waals surface area (Å²) >= 11 is 5.97. The average molecular weight is 476 g/mol. The number of carbonyl (C=O) groups is 2. The molecule has 0 amide bonds. The van der Waals surface area contributed by atoms with Gasteiger partial charge < -0.3 is 13.9 Å². The van der Waals surface area contributed by atoms with Crippen molar-refractivity contribution < 1.29 is 28.4 Å². The number of hydrogen-bond acceptors (Lipinski definition) is 7. The molecule has 0 saturated carbocycles. The molecule has 0 bridgehead atoms. The second kappa shape index (κ2) is 8.17. The van der Waals surface area contributed by atoms with Crippen molar-refractivity contribution in [2.75, 3.05) is 0 Å². The molecule has 0 saturated heterocycles. The summed E-state index contributed by atoms with van der Waals surface area (Å²) in [6.45, 7) is 1.69. The molecular formula is C25H14ClNO7. The smallest absolute Gasteiger partial charge is 0.379 e. The first kappa shape index (κ1) is 21.4. The molecule has 8 nitrogen and oxygen atoms in total. The highest BCUT2D eigenvalue weighted by Gasteiger charge is 2.30. The number of non-ortho nitro benzene ring substituents is 1. The standard InChI is InChI=1S/C25H14ClNO7/c1-13-7-18(32-25(29)22-11-15-10-16(26)5-6-19(15)33-22)12-20-23(13)24(28)21(34-20)9-14-3-2-4-17(8-14)27(30)31/h2-12H,1H3/b21-9-. The number of fused-ring (bicyclic) bond motifs is 2. The lowest BCUT2D eigenvalue weighted by Crippen LogP contribution is -2.07. The first-order valence-electron chi connectivity index (χ1n) is 10.0. The van der Waals surface area contributed by atoms with Crippen LogP contribution in [-0.2, 0) is 0 Å². The summed E-state index contributed by atoms with van der Waals surface area (Å²) in [6.07, 6.45) is 1.43. The van der Waals surface area contributed by atoms with Crippen LogP contribution in [0.5, 0.6) is 11.5 Å². The lowest BCUT2D eigenvalue weighted by Gasteiger charge is -2.06. The highest BCUT2D eigenvalue weighted by Crippen LogP contribution is 2.38. The zero-order chi connectivity index (χ0) is 24.0. The molecule has 2 heterocycles. The van der Waals surface area contributed by atoms with Gasteiger partial charge in [-0.3, -0.25) is 14.9 Å². The van der Waals surface area contributed by atoms with Gasteiger partial charge in [-0.25, -0.2) is 4.79 Å². The van der Waals surface area contributed by atoms with Crippen LogP contribution in [0.3, 0.4) is 0 Å². The minimum atomic E-state index is -0.719. The van der Waals surface area contributed by atoms with E-state index in [-0.39, 0.29) is 34.5 Å². The van der Waals surface area contributed by atoms with E-state index >= 15 is 0 Å². The summed E-state index contributed by atoms with van der Waals surface area (Å²) in [6, 6.07) is 15.3. The summed E-state index contributed by atoms with van der Waals surface area (Å²) in [7, 11) is 0. The quantitative estimate of drug-likeness (QED) is 0.115. The third kappa shape index (κ3) is 3.91. The van der Waals surface area contributed by atoms with Crippen LogP contribution in [0.2, 0.25) is 5.02 Å². The Labute approximate surface area is 197 Å². The number of ether oxygens (including phenoxy) is 2. The Kier molecular flexibility index (Phi) is 5.14. The Hall–Kier alpha value is -4.43. The van der Waals surface area contributed by atoms with E-state index in [1.165, 1.54) is 36.4 Å². The fourth-order valence-electron chi connectivity index (χ4n) is 3.69. The number of nitro groups is 1. The number of halogens is 1. The SMILES string of the molecule is Cc1cc(OC(=O)c2cc3cc(Cl)ccc3o2)cc2c1C(=O)/C(=C/c1cccc([N+](=O)[O-])c1)O2. The monoisotopic (exact) mass is 475 g/mol. The van der Waals surface area contributed by atoms with Crippen molar-refractivity contribution in [2.24, 2.45) is 0 Å². The molecule has 5 rings (SSSR count). The first-order chi connectivity index (χ1) is 16.3. The van der Waals surface area contributed by atoms with Gasteiger partial charge in [0.25, 0.3) is 5.69 Å². The Balaban J connectivity index is 1.41. The number of rotatable bonds is 4. The summed E-state index contributed by atoms with van der Waals surface area (Å²) in [5.41, 5.74) is 1.71. The molecule has 1 aliphatic heterocycles. The zero-order valence-corrected chi connectivity index (χ0v) is 18.3. The molecule has 0 spiro atoms. The minimum absolute atomic E-state index is 0.00123. The Morgan fingerprint density at radius 3 is 2.74 bits per heavy atom. The van der Waals surface area contributed by atoms with Crippen molar-refractivity contribution in [1.82, 2.24) is 0 Å². The van der Waals surface area contributed by atoms with Crippen molar-refractivity contribution >= 4 is 46.1 Å². The van der Waals surface area contributed by atoms with Gasteiger partial charge in [0.05, 0.1) is 10.5 Å². The zero-order valence-electron chi connectivity index (χ0n) is 17.5. The maximum Gasteiger partial charge on any atom is 0.379 e. The van der Waals surface area contributed by atoms with Gasteiger partial charge in [-0.15, -0.1) is 0 Å². The minimum Gasteiger partial charge on any atom is -0.452 e. The fourth-order valence-corrected chi connectivity index (χ4v) is 3.87. The summed E-state index contributed by atoms with van der Waals surface area (Å²) in [4.78, 5) is 36.0. The fraction of sp³-hybridized carbons (Fsp3) is 0.0400. The molecule has 4 aromatic rings. The van der Waals surface area contributed by atoms with Crippen LogP contribution in [0.4, 0.5) is 5.69 Å². The lowest BCUT2D eigenvalue weighted by molar-refractivity contribution is -0.384. The van der Waals surface area contributed by atoms with E-state index in [4.69, 9.17) is 25.5 Å². The predicted octanol–water partition coefficient (Wildman–Crippen LogP) is 6.14. The number of allylic oxidation sites excluding steroid dienone is 1. The second-order valence-electron chi connectivity index (χ2n) is 7.59. The van der Waals surface area contributed by atoms with E-state index in [0.717, 1.165) is 0 Å². The highest BCUT2D eigenvalue weighted by atomic mass is 35.5. The van der Waals surface area contributed by atoms with Crippen molar-refractivity contribution in [2.45, 2.75) is 6.92 Å². The van der Waals surface area contributed by atoms with Crippen LogP contribution in [0.25, 0.3) is 17.0 Å². The van der Waals surface area contributed by atoms with E-state index in [9.17, 15) is 19.7 Å². The van der Waals surface area contributed by atoms with Gasteiger partial charge in [-0.2, -0.15) is 0 Å².